The van der Waals surface area contributed by atoms with Gasteiger partial charge in [0.1, 0.15) is 0 Å². The predicted octanol–water partition coefficient (Wildman–Crippen LogP) is 3.90. The van der Waals surface area contributed by atoms with Crippen molar-refractivity contribution in [2.75, 3.05) is 0 Å². The number of rotatable bonds is 5. The summed E-state index contributed by atoms with van der Waals surface area (Å²) in [5, 5.41) is 10.3. The molecule has 0 aromatic heterocycles. The minimum Gasteiger partial charge on any atom is -0.390 e. The van der Waals surface area contributed by atoms with E-state index in [1.54, 1.807) is 0 Å². The highest BCUT2D eigenvalue weighted by Crippen LogP contribution is 2.35. The highest BCUT2D eigenvalue weighted by Gasteiger charge is 2.31. The first-order chi connectivity index (χ1) is 6.66. The Bertz CT molecular complexity index is 155. The van der Waals surface area contributed by atoms with E-state index in [0.29, 0.717) is 0 Å². The van der Waals surface area contributed by atoms with Crippen LogP contribution in [0.4, 0.5) is 0 Å². The summed E-state index contributed by atoms with van der Waals surface area (Å²) >= 11 is 0. The van der Waals surface area contributed by atoms with Gasteiger partial charge in [0.25, 0.3) is 0 Å². The quantitative estimate of drug-likeness (QED) is 0.664. The van der Waals surface area contributed by atoms with E-state index in [4.69, 9.17) is 0 Å². The monoisotopic (exact) mass is 198 g/mol. The molecular weight excluding hydrogens is 172 g/mol. The first kappa shape index (κ1) is 12.0. The molecular formula is C13H26O. The number of hydrogen-bond acceptors (Lipinski definition) is 1. The molecule has 1 nitrogen and oxygen atoms in total. The molecule has 14 heavy (non-hydrogen) atoms. The lowest BCUT2D eigenvalue weighted by molar-refractivity contribution is -0.0219. The van der Waals surface area contributed by atoms with Gasteiger partial charge in [-0.25, -0.2) is 0 Å². The molecule has 1 rings (SSSR count). The van der Waals surface area contributed by atoms with Crippen LogP contribution in [0, 0.1) is 5.92 Å². The fourth-order valence-corrected chi connectivity index (χ4v) is 2.74. The van der Waals surface area contributed by atoms with Crippen LogP contribution in [0.1, 0.15) is 71.6 Å². The summed E-state index contributed by atoms with van der Waals surface area (Å²) in [7, 11) is 0. The van der Waals surface area contributed by atoms with Crippen molar-refractivity contribution in [2.24, 2.45) is 5.92 Å². The molecule has 0 amide bonds. The molecule has 0 bridgehead atoms. The Hall–Kier alpha value is -0.0400. The van der Waals surface area contributed by atoms with E-state index in [0.717, 1.165) is 25.2 Å². The second-order valence-corrected chi connectivity index (χ2v) is 5.24. The zero-order chi connectivity index (χ0) is 10.4. The van der Waals surface area contributed by atoms with Gasteiger partial charge >= 0.3 is 0 Å². The van der Waals surface area contributed by atoms with Gasteiger partial charge in [0.2, 0.25) is 0 Å². The second kappa shape index (κ2) is 5.75. The van der Waals surface area contributed by atoms with Crippen LogP contribution in [0.25, 0.3) is 0 Å². The third-order valence-electron chi connectivity index (χ3n) is 3.56. The van der Waals surface area contributed by atoms with Crippen molar-refractivity contribution in [2.45, 2.75) is 77.2 Å². The van der Waals surface area contributed by atoms with Gasteiger partial charge in [-0.1, -0.05) is 52.4 Å². The van der Waals surface area contributed by atoms with E-state index < -0.39 is 0 Å². The largest absolute Gasteiger partial charge is 0.390 e. The van der Waals surface area contributed by atoms with Gasteiger partial charge in [-0.15, -0.1) is 0 Å². The molecule has 1 aliphatic rings. The number of unbranched alkanes of at least 4 members (excludes halogenated alkanes) is 3. The molecule has 1 heteroatoms. The average molecular weight is 198 g/mol. The molecule has 1 saturated carbocycles. The molecule has 0 saturated heterocycles. The Morgan fingerprint density at radius 2 is 2.07 bits per heavy atom. The van der Waals surface area contributed by atoms with E-state index in [-0.39, 0.29) is 5.60 Å². The van der Waals surface area contributed by atoms with Crippen molar-refractivity contribution < 1.29 is 5.11 Å². The molecule has 84 valence electrons. The van der Waals surface area contributed by atoms with Crippen molar-refractivity contribution in [3.8, 4) is 0 Å². The van der Waals surface area contributed by atoms with Crippen LogP contribution in [0.2, 0.25) is 0 Å². The maximum absolute atomic E-state index is 10.3. The zero-order valence-electron chi connectivity index (χ0n) is 9.89. The highest BCUT2D eigenvalue weighted by molar-refractivity contribution is 4.84. The lowest BCUT2D eigenvalue weighted by Crippen LogP contribution is -2.34. The van der Waals surface area contributed by atoms with Crippen LogP contribution in [0.3, 0.4) is 0 Å². The van der Waals surface area contributed by atoms with Crippen molar-refractivity contribution in [1.29, 1.82) is 0 Å². The summed E-state index contributed by atoms with van der Waals surface area (Å²) in [6.07, 6.45) is 10.8. The third kappa shape index (κ3) is 4.00. The van der Waals surface area contributed by atoms with Gasteiger partial charge in [0.15, 0.2) is 0 Å². The molecule has 1 fully saturated rings. The van der Waals surface area contributed by atoms with E-state index in [2.05, 4.69) is 13.8 Å². The summed E-state index contributed by atoms with van der Waals surface area (Å²) in [4.78, 5) is 0. The Labute approximate surface area is 88.9 Å². The van der Waals surface area contributed by atoms with Crippen molar-refractivity contribution in [3.05, 3.63) is 0 Å². The zero-order valence-corrected chi connectivity index (χ0v) is 9.89. The van der Waals surface area contributed by atoms with Crippen LogP contribution in [-0.2, 0) is 0 Å². The van der Waals surface area contributed by atoms with Gasteiger partial charge < -0.3 is 5.11 Å². The topological polar surface area (TPSA) is 20.2 Å². The Morgan fingerprint density at radius 3 is 2.71 bits per heavy atom. The fourth-order valence-electron chi connectivity index (χ4n) is 2.74. The Balaban J connectivity index is 2.19. The molecule has 2 unspecified atom stereocenters. The molecule has 1 aliphatic carbocycles. The Kier molecular flexibility index (Phi) is 4.94. The van der Waals surface area contributed by atoms with Crippen molar-refractivity contribution in [3.63, 3.8) is 0 Å². The highest BCUT2D eigenvalue weighted by atomic mass is 16.3. The normalized spacial score (nSPS) is 33.2. The number of hydrogen-bond donors (Lipinski definition) is 1. The summed E-state index contributed by atoms with van der Waals surface area (Å²) in [6.45, 7) is 4.51. The molecule has 0 aromatic rings. The van der Waals surface area contributed by atoms with E-state index >= 15 is 0 Å². The fraction of sp³-hybridized carbons (Fsp3) is 1.00. The lowest BCUT2D eigenvalue weighted by atomic mass is 9.76. The first-order valence-corrected chi connectivity index (χ1v) is 6.39. The first-order valence-electron chi connectivity index (χ1n) is 6.39. The van der Waals surface area contributed by atoms with Gasteiger partial charge in [0, 0.05) is 0 Å². The predicted molar refractivity (Wildman–Crippen MR) is 61.3 cm³/mol. The van der Waals surface area contributed by atoms with E-state index in [9.17, 15) is 5.11 Å². The Morgan fingerprint density at radius 1 is 1.29 bits per heavy atom. The molecule has 0 radical (unpaired) electrons. The molecule has 0 aliphatic heterocycles. The summed E-state index contributed by atoms with van der Waals surface area (Å²) in [5.41, 5.74) is -0.300. The molecule has 0 heterocycles. The van der Waals surface area contributed by atoms with Gasteiger partial charge in [-0.2, -0.15) is 0 Å². The minimum atomic E-state index is -0.300. The van der Waals surface area contributed by atoms with E-state index in [1.807, 2.05) is 0 Å². The van der Waals surface area contributed by atoms with Crippen LogP contribution in [-0.4, -0.2) is 10.7 Å². The maximum Gasteiger partial charge on any atom is 0.0650 e. The molecule has 0 spiro atoms. The van der Waals surface area contributed by atoms with Crippen LogP contribution >= 0.6 is 0 Å². The summed E-state index contributed by atoms with van der Waals surface area (Å²) in [5.74, 6) is 0.736. The van der Waals surface area contributed by atoms with Crippen LogP contribution in [0.15, 0.2) is 0 Å². The molecule has 0 aromatic carbocycles. The van der Waals surface area contributed by atoms with Gasteiger partial charge in [0.05, 0.1) is 5.60 Å². The molecule has 1 N–H and O–H groups in total. The van der Waals surface area contributed by atoms with E-state index in [1.165, 1.54) is 38.5 Å². The summed E-state index contributed by atoms with van der Waals surface area (Å²) < 4.78 is 0. The van der Waals surface area contributed by atoms with Crippen molar-refractivity contribution >= 4 is 0 Å². The van der Waals surface area contributed by atoms with Gasteiger partial charge in [-0.05, 0) is 25.2 Å². The standard InChI is InChI=1S/C13H26O/c1-3-4-5-6-9-13(14)10-7-8-12(2)11-13/h12,14H,3-11H2,1-2H3. The lowest BCUT2D eigenvalue weighted by Gasteiger charge is -2.35. The third-order valence-corrected chi connectivity index (χ3v) is 3.56. The van der Waals surface area contributed by atoms with Crippen LogP contribution < -0.4 is 0 Å². The minimum absolute atomic E-state index is 0.300. The summed E-state index contributed by atoms with van der Waals surface area (Å²) in [6, 6.07) is 0. The number of aliphatic hydroxyl groups is 1. The van der Waals surface area contributed by atoms with Crippen molar-refractivity contribution in [1.82, 2.24) is 0 Å². The maximum atomic E-state index is 10.3. The second-order valence-electron chi connectivity index (χ2n) is 5.24. The smallest absolute Gasteiger partial charge is 0.0650 e. The molecule has 2 atom stereocenters. The van der Waals surface area contributed by atoms with Gasteiger partial charge in [-0.3, -0.25) is 0 Å². The van der Waals surface area contributed by atoms with Crippen LogP contribution in [0.5, 0.6) is 0 Å². The SMILES string of the molecule is CCCCCCC1(O)CCCC(C)C1. The average Bonchev–Trinajstić information content (AvgIpc) is 2.12.